The van der Waals surface area contributed by atoms with Crippen LogP contribution in [0.25, 0.3) is 30.3 Å². The molecular weight excluding hydrogens is 461 g/mol. The van der Waals surface area contributed by atoms with E-state index >= 15 is 0 Å². The van der Waals surface area contributed by atoms with Crippen LogP contribution in [0.15, 0.2) is 47.8 Å². The highest BCUT2D eigenvalue weighted by atomic mass is 32.1. The van der Waals surface area contributed by atoms with Crippen LogP contribution in [0, 0.1) is 0 Å². The third-order valence-corrected chi connectivity index (χ3v) is 9.87. The molecule has 0 amide bonds. The number of hydrogen-bond acceptors (Lipinski definition) is 4. The van der Waals surface area contributed by atoms with Crippen molar-refractivity contribution in [3.8, 4) is 19.5 Å². The highest BCUT2D eigenvalue weighted by molar-refractivity contribution is 7.28. The van der Waals surface area contributed by atoms with Gasteiger partial charge in [0.1, 0.15) is 0 Å². The fourth-order valence-electron chi connectivity index (χ4n) is 4.52. The van der Waals surface area contributed by atoms with Gasteiger partial charge < -0.3 is 0 Å². The van der Waals surface area contributed by atoms with Crippen molar-refractivity contribution in [2.45, 2.75) is 77.6 Å². The second-order valence-corrected chi connectivity index (χ2v) is 11.9. The Balaban J connectivity index is 1.39. The summed E-state index contributed by atoms with van der Waals surface area (Å²) >= 11 is 5.35. The van der Waals surface area contributed by atoms with E-state index in [1.807, 2.05) is 28.7 Å². The van der Waals surface area contributed by atoms with E-state index in [0.29, 0.717) is 0 Å². The fourth-order valence-corrected chi connectivity index (χ4v) is 7.89. The lowest BCUT2D eigenvalue weighted by Crippen LogP contribution is -1.87. The molecule has 0 aliphatic heterocycles. The van der Waals surface area contributed by atoms with Gasteiger partial charge in [0.05, 0.1) is 14.6 Å². The van der Waals surface area contributed by atoms with Crippen molar-refractivity contribution in [2.75, 3.05) is 0 Å². The first-order chi connectivity index (χ1) is 16.3. The lowest BCUT2D eigenvalue weighted by molar-refractivity contribution is 0.112. The van der Waals surface area contributed by atoms with Gasteiger partial charge in [0.2, 0.25) is 0 Å². The Bertz CT molecular complexity index is 1150. The zero-order valence-electron chi connectivity index (χ0n) is 19.6. The van der Waals surface area contributed by atoms with Gasteiger partial charge in [-0.25, -0.2) is 0 Å². The summed E-state index contributed by atoms with van der Waals surface area (Å²) in [7, 11) is 0. The topological polar surface area (TPSA) is 17.1 Å². The first-order valence-electron chi connectivity index (χ1n) is 12.5. The molecule has 3 aromatic heterocycles. The van der Waals surface area contributed by atoms with Crippen LogP contribution < -0.4 is 0 Å². The summed E-state index contributed by atoms with van der Waals surface area (Å²) in [4.78, 5) is 17.3. The molecule has 0 aliphatic carbocycles. The van der Waals surface area contributed by atoms with E-state index in [-0.39, 0.29) is 0 Å². The number of rotatable bonds is 14. The Labute approximate surface area is 210 Å². The number of hydrogen-bond donors (Lipinski definition) is 0. The SMILES string of the molecule is CCCCCCCCCCCCc1ccsc1-c1sc(-c2ccc(C=O)s2)c2ccccc12. The van der Waals surface area contributed by atoms with Gasteiger partial charge in [-0.2, -0.15) is 0 Å². The maximum atomic E-state index is 11.2. The van der Waals surface area contributed by atoms with E-state index in [2.05, 4.69) is 48.7 Å². The molecule has 0 unspecified atom stereocenters. The smallest absolute Gasteiger partial charge is 0.160 e. The molecule has 0 fully saturated rings. The number of aryl methyl sites for hydroxylation is 1. The highest BCUT2D eigenvalue weighted by Gasteiger charge is 2.18. The van der Waals surface area contributed by atoms with E-state index < -0.39 is 0 Å². The summed E-state index contributed by atoms with van der Waals surface area (Å²) in [6.07, 6.45) is 15.9. The summed E-state index contributed by atoms with van der Waals surface area (Å²) in [5, 5.41) is 4.89. The van der Waals surface area contributed by atoms with Gasteiger partial charge in [0.15, 0.2) is 6.29 Å². The second kappa shape index (κ2) is 12.6. The Hall–Kier alpha value is -1.75. The summed E-state index contributed by atoms with van der Waals surface area (Å²) in [6, 6.07) is 15.1. The van der Waals surface area contributed by atoms with Crippen molar-refractivity contribution in [1.82, 2.24) is 0 Å². The average molecular weight is 495 g/mol. The summed E-state index contributed by atoms with van der Waals surface area (Å²) in [6.45, 7) is 2.28. The van der Waals surface area contributed by atoms with Gasteiger partial charge >= 0.3 is 0 Å². The number of benzene rings is 1. The summed E-state index contributed by atoms with van der Waals surface area (Å²) in [5.74, 6) is 0. The van der Waals surface area contributed by atoms with Gasteiger partial charge in [-0.3, -0.25) is 4.79 Å². The van der Waals surface area contributed by atoms with Gasteiger partial charge in [-0.1, -0.05) is 89.0 Å². The van der Waals surface area contributed by atoms with Crippen molar-refractivity contribution < 1.29 is 4.79 Å². The van der Waals surface area contributed by atoms with Crippen LogP contribution in [-0.4, -0.2) is 6.29 Å². The highest BCUT2D eigenvalue weighted by Crippen LogP contribution is 2.48. The minimum Gasteiger partial charge on any atom is -0.297 e. The van der Waals surface area contributed by atoms with Crippen molar-refractivity contribution in [1.29, 1.82) is 0 Å². The first kappa shape index (κ1) is 24.4. The molecule has 1 nitrogen and oxygen atoms in total. The minimum absolute atomic E-state index is 0.793. The number of thiophene rings is 3. The van der Waals surface area contributed by atoms with Crippen molar-refractivity contribution in [3.63, 3.8) is 0 Å². The van der Waals surface area contributed by atoms with Crippen molar-refractivity contribution in [2.24, 2.45) is 0 Å². The third-order valence-electron chi connectivity index (χ3n) is 6.34. The standard InChI is InChI=1S/C29H34OS3/c1-2-3-4-5-6-7-8-9-10-11-14-22-19-20-31-27(22)29-25-16-13-12-15-24(25)28(33-29)26-18-17-23(21-30)32-26/h12-13,15-21H,2-11,14H2,1H3. The van der Waals surface area contributed by atoms with Gasteiger partial charge in [0.25, 0.3) is 0 Å². The normalized spacial score (nSPS) is 11.4. The molecule has 33 heavy (non-hydrogen) atoms. The molecule has 0 radical (unpaired) electrons. The molecular formula is C29H34OS3. The Morgan fingerprint density at radius 1 is 0.697 bits per heavy atom. The quantitative estimate of drug-likeness (QED) is 0.126. The molecule has 0 aliphatic rings. The fraction of sp³-hybridized carbons (Fsp3) is 0.414. The number of aldehydes is 1. The lowest BCUT2D eigenvalue weighted by atomic mass is 10.0. The van der Waals surface area contributed by atoms with Crippen LogP contribution in [-0.2, 0) is 6.42 Å². The summed E-state index contributed by atoms with van der Waals surface area (Å²) < 4.78 is 0. The molecule has 0 saturated carbocycles. The van der Waals surface area contributed by atoms with Crippen molar-refractivity contribution in [3.05, 3.63) is 58.3 Å². The van der Waals surface area contributed by atoms with Gasteiger partial charge in [-0.15, -0.1) is 34.0 Å². The van der Waals surface area contributed by atoms with E-state index in [9.17, 15) is 4.79 Å². The number of unbranched alkanes of at least 4 members (excludes halogenated alkanes) is 9. The number of fused-ring (bicyclic) bond motifs is 1. The monoisotopic (exact) mass is 494 g/mol. The van der Waals surface area contributed by atoms with Crippen molar-refractivity contribution >= 4 is 51.1 Å². The molecule has 174 valence electrons. The largest absolute Gasteiger partial charge is 0.297 e. The van der Waals surface area contributed by atoms with Crippen LogP contribution >= 0.6 is 34.0 Å². The summed E-state index contributed by atoms with van der Waals surface area (Å²) in [5.41, 5.74) is 1.50. The maximum Gasteiger partial charge on any atom is 0.160 e. The molecule has 0 atom stereocenters. The van der Waals surface area contributed by atoms with Crippen LogP contribution in [0.5, 0.6) is 0 Å². The van der Waals surface area contributed by atoms with E-state index in [4.69, 9.17) is 0 Å². The van der Waals surface area contributed by atoms with E-state index in [1.54, 1.807) is 11.3 Å². The first-order valence-corrected chi connectivity index (χ1v) is 15.0. The molecule has 0 bridgehead atoms. The third kappa shape index (κ3) is 6.23. The molecule has 3 heterocycles. The lowest BCUT2D eigenvalue weighted by Gasteiger charge is -2.04. The van der Waals surface area contributed by atoms with Crippen LogP contribution in [0.1, 0.15) is 86.4 Å². The van der Waals surface area contributed by atoms with Crippen LogP contribution in [0.3, 0.4) is 0 Å². The molecule has 0 saturated heterocycles. The van der Waals surface area contributed by atoms with Gasteiger partial charge in [0, 0.05) is 20.5 Å². The average Bonchev–Trinajstić information content (AvgIpc) is 3.58. The van der Waals surface area contributed by atoms with Crippen LogP contribution in [0.2, 0.25) is 0 Å². The van der Waals surface area contributed by atoms with E-state index in [0.717, 1.165) is 11.2 Å². The molecule has 4 aromatic rings. The maximum absolute atomic E-state index is 11.2. The number of carbonyl (C=O) groups is 1. The number of carbonyl (C=O) groups excluding carboxylic acids is 1. The zero-order valence-corrected chi connectivity index (χ0v) is 22.1. The molecule has 0 spiro atoms. The second-order valence-electron chi connectivity index (χ2n) is 8.83. The minimum atomic E-state index is 0.793. The molecule has 1 aromatic carbocycles. The Morgan fingerprint density at radius 2 is 1.36 bits per heavy atom. The molecule has 0 N–H and O–H groups in total. The van der Waals surface area contributed by atoms with E-state index in [1.165, 1.54) is 106 Å². The Kier molecular flexibility index (Phi) is 9.34. The zero-order chi connectivity index (χ0) is 22.9. The van der Waals surface area contributed by atoms with Gasteiger partial charge in [-0.05, 0) is 42.0 Å². The molecule has 4 rings (SSSR count). The predicted molar refractivity (Wildman–Crippen MR) is 149 cm³/mol. The predicted octanol–water partition coefficient (Wildman–Crippen LogP) is 10.6. The Morgan fingerprint density at radius 3 is 2.03 bits per heavy atom. The molecule has 4 heteroatoms. The van der Waals surface area contributed by atoms with Crippen LogP contribution in [0.4, 0.5) is 0 Å².